The van der Waals surface area contributed by atoms with E-state index >= 15 is 0 Å². The van der Waals surface area contributed by atoms with E-state index in [9.17, 15) is 13.2 Å². The van der Waals surface area contributed by atoms with Crippen molar-refractivity contribution >= 4 is 12.4 Å². The van der Waals surface area contributed by atoms with Gasteiger partial charge in [-0.15, -0.1) is 12.4 Å². The lowest BCUT2D eigenvalue weighted by atomic mass is 10.0. The van der Waals surface area contributed by atoms with Crippen LogP contribution in [0.4, 0.5) is 13.2 Å². The fourth-order valence-corrected chi connectivity index (χ4v) is 2.06. The number of H-pyrrole nitrogens is 1. The molecule has 0 aliphatic heterocycles. The molecule has 0 radical (unpaired) electrons. The van der Waals surface area contributed by atoms with E-state index in [0.29, 0.717) is 6.54 Å². The second kappa shape index (κ2) is 6.95. The third-order valence-corrected chi connectivity index (χ3v) is 3.27. The number of hydrogen-bond donors (Lipinski definition) is 2. The molecule has 1 aromatic carbocycles. The number of hydrogen-bond acceptors (Lipinski definition) is 2. The first-order chi connectivity index (χ1) is 9.39. The number of alkyl halides is 3. The minimum absolute atomic E-state index is 0. The highest BCUT2D eigenvalue weighted by atomic mass is 35.5. The lowest BCUT2D eigenvalue weighted by Gasteiger charge is -2.19. The highest BCUT2D eigenvalue weighted by Gasteiger charge is 2.34. The van der Waals surface area contributed by atoms with Crippen LogP contribution in [-0.4, -0.2) is 10.2 Å². The Kier molecular flexibility index (Phi) is 5.80. The molecule has 7 heteroatoms. The van der Waals surface area contributed by atoms with Gasteiger partial charge in [0.1, 0.15) is 0 Å². The third-order valence-electron chi connectivity index (χ3n) is 3.27. The van der Waals surface area contributed by atoms with Gasteiger partial charge in [0.2, 0.25) is 0 Å². The van der Waals surface area contributed by atoms with Crippen molar-refractivity contribution in [3.63, 3.8) is 0 Å². The fourth-order valence-electron chi connectivity index (χ4n) is 2.06. The van der Waals surface area contributed by atoms with E-state index < -0.39 is 17.8 Å². The van der Waals surface area contributed by atoms with Gasteiger partial charge in [-0.1, -0.05) is 18.2 Å². The van der Waals surface area contributed by atoms with Gasteiger partial charge in [0.25, 0.3) is 0 Å². The first-order valence-corrected chi connectivity index (χ1v) is 6.28. The Labute approximate surface area is 127 Å². The highest BCUT2D eigenvalue weighted by molar-refractivity contribution is 5.85. The molecule has 1 aromatic heterocycles. The molecule has 0 spiro atoms. The largest absolute Gasteiger partial charge is 0.416 e. The summed E-state index contributed by atoms with van der Waals surface area (Å²) in [6.45, 7) is 4.06. The minimum atomic E-state index is -4.34. The summed E-state index contributed by atoms with van der Waals surface area (Å²) in [5.41, 5.74) is 1.51. The minimum Gasteiger partial charge on any atom is -0.306 e. The summed E-state index contributed by atoms with van der Waals surface area (Å²) in [7, 11) is 0. The van der Waals surface area contributed by atoms with Crippen LogP contribution in [0.25, 0.3) is 0 Å². The van der Waals surface area contributed by atoms with E-state index in [4.69, 9.17) is 0 Å². The topological polar surface area (TPSA) is 40.7 Å². The number of aromatic amines is 1. The van der Waals surface area contributed by atoms with Crippen LogP contribution in [0.5, 0.6) is 0 Å². The smallest absolute Gasteiger partial charge is 0.306 e. The average molecular weight is 320 g/mol. The predicted octanol–water partition coefficient (Wildman–Crippen LogP) is 4.01. The molecule has 1 heterocycles. The molecular formula is C14H17ClF3N3. The molecule has 0 aliphatic carbocycles. The second-order valence-corrected chi connectivity index (χ2v) is 4.71. The molecule has 0 bridgehead atoms. The Morgan fingerprint density at radius 3 is 2.52 bits per heavy atom. The van der Waals surface area contributed by atoms with Crippen molar-refractivity contribution in [2.75, 3.05) is 0 Å². The molecule has 3 nitrogen and oxygen atoms in total. The maximum absolute atomic E-state index is 12.9. The molecule has 1 atom stereocenters. The van der Waals surface area contributed by atoms with Crippen molar-refractivity contribution in [3.05, 3.63) is 52.8 Å². The molecule has 0 aliphatic rings. The van der Waals surface area contributed by atoms with Gasteiger partial charge in [-0.2, -0.15) is 18.3 Å². The van der Waals surface area contributed by atoms with Gasteiger partial charge in [0, 0.05) is 23.8 Å². The van der Waals surface area contributed by atoms with Crippen LogP contribution in [0.3, 0.4) is 0 Å². The van der Waals surface area contributed by atoms with Crippen LogP contribution in [-0.2, 0) is 12.7 Å². The molecule has 0 saturated heterocycles. The van der Waals surface area contributed by atoms with E-state index in [0.717, 1.165) is 17.3 Å². The predicted molar refractivity (Wildman–Crippen MR) is 77.3 cm³/mol. The molecule has 21 heavy (non-hydrogen) atoms. The van der Waals surface area contributed by atoms with E-state index in [1.807, 2.05) is 6.92 Å². The average Bonchev–Trinajstić information content (AvgIpc) is 2.80. The zero-order chi connectivity index (χ0) is 14.8. The van der Waals surface area contributed by atoms with E-state index in [-0.39, 0.29) is 18.0 Å². The summed E-state index contributed by atoms with van der Waals surface area (Å²) in [5, 5.41) is 9.78. The van der Waals surface area contributed by atoms with Crippen LogP contribution >= 0.6 is 12.4 Å². The van der Waals surface area contributed by atoms with Crippen LogP contribution in [0.1, 0.15) is 35.3 Å². The van der Waals surface area contributed by atoms with Crippen molar-refractivity contribution in [2.24, 2.45) is 0 Å². The monoisotopic (exact) mass is 319 g/mol. The number of benzene rings is 1. The number of rotatable bonds is 4. The van der Waals surface area contributed by atoms with Gasteiger partial charge in [0.05, 0.1) is 11.8 Å². The Morgan fingerprint density at radius 1 is 1.29 bits per heavy atom. The van der Waals surface area contributed by atoms with Gasteiger partial charge in [-0.3, -0.25) is 5.10 Å². The van der Waals surface area contributed by atoms with Gasteiger partial charge in [-0.05, 0) is 25.5 Å². The summed E-state index contributed by atoms with van der Waals surface area (Å²) in [6.07, 6.45) is -2.66. The molecular weight excluding hydrogens is 303 g/mol. The highest BCUT2D eigenvalue weighted by Crippen LogP contribution is 2.34. The summed E-state index contributed by atoms with van der Waals surface area (Å²) < 4.78 is 38.8. The number of nitrogens with one attached hydrogen (secondary N) is 2. The van der Waals surface area contributed by atoms with Gasteiger partial charge < -0.3 is 5.32 Å². The van der Waals surface area contributed by atoms with Gasteiger partial charge in [0.15, 0.2) is 0 Å². The van der Waals surface area contributed by atoms with E-state index in [1.54, 1.807) is 19.2 Å². The van der Waals surface area contributed by atoms with Gasteiger partial charge in [-0.25, -0.2) is 0 Å². The van der Waals surface area contributed by atoms with Crippen molar-refractivity contribution in [1.82, 2.24) is 15.5 Å². The molecule has 1 unspecified atom stereocenters. The maximum Gasteiger partial charge on any atom is 0.416 e. The van der Waals surface area contributed by atoms with Crippen molar-refractivity contribution in [1.29, 1.82) is 0 Å². The normalized spacial score (nSPS) is 12.8. The Morgan fingerprint density at radius 2 is 1.95 bits per heavy atom. The number of nitrogens with zero attached hydrogens (tertiary/aromatic N) is 1. The van der Waals surface area contributed by atoms with E-state index in [1.165, 1.54) is 12.1 Å². The maximum atomic E-state index is 12.9. The van der Waals surface area contributed by atoms with Crippen LogP contribution in [0.2, 0.25) is 0 Å². The SMILES string of the molecule is Cc1[nH]ncc1CNC(C)c1ccccc1C(F)(F)F.Cl. The Bertz CT molecular complexity index is 581. The van der Waals surface area contributed by atoms with Crippen molar-refractivity contribution in [2.45, 2.75) is 32.6 Å². The van der Waals surface area contributed by atoms with Crippen LogP contribution < -0.4 is 5.32 Å². The quantitative estimate of drug-likeness (QED) is 0.894. The number of aryl methyl sites for hydroxylation is 1. The van der Waals surface area contributed by atoms with Gasteiger partial charge >= 0.3 is 6.18 Å². The molecule has 0 amide bonds. The molecule has 0 saturated carbocycles. The molecule has 2 aromatic rings. The lowest BCUT2D eigenvalue weighted by molar-refractivity contribution is -0.138. The number of aromatic nitrogens is 2. The summed E-state index contributed by atoms with van der Waals surface area (Å²) in [6, 6.07) is 5.23. The lowest BCUT2D eigenvalue weighted by Crippen LogP contribution is -2.21. The summed E-state index contributed by atoms with van der Waals surface area (Å²) >= 11 is 0. The standard InChI is InChI=1S/C14H16F3N3.ClH/c1-9-11(8-19-20-9)7-18-10(2)12-5-3-4-6-13(12)14(15,16)17;/h3-6,8,10,18H,7H2,1-2H3,(H,19,20);1H. The van der Waals surface area contributed by atoms with Crippen molar-refractivity contribution in [3.8, 4) is 0 Å². The van der Waals surface area contributed by atoms with Crippen molar-refractivity contribution < 1.29 is 13.2 Å². The molecule has 2 N–H and O–H groups in total. The Balaban J connectivity index is 0.00000220. The summed E-state index contributed by atoms with van der Waals surface area (Å²) in [4.78, 5) is 0. The second-order valence-electron chi connectivity index (χ2n) is 4.71. The Hall–Kier alpha value is -1.53. The molecule has 116 valence electrons. The van der Waals surface area contributed by atoms with Crippen LogP contribution in [0, 0.1) is 6.92 Å². The zero-order valence-electron chi connectivity index (χ0n) is 11.7. The molecule has 0 fully saturated rings. The third kappa shape index (κ3) is 4.22. The van der Waals surface area contributed by atoms with Crippen LogP contribution in [0.15, 0.2) is 30.5 Å². The summed E-state index contributed by atoms with van der Waals surface area (Å²) in [5.74, 6) is 0. The zero-order valence-corrected chi connectivity index (χ0v) is 12.5. The fraction of sp³-hybridized carbons (Fsp3) is 0.357. The van der Waals surface area contributed by atoms with E-state index in [2.05, 4.69) is 15.5 Å². The molecule has 2 rings (SSSR count). The first kappa shape index (κ1) is 17.5. The number of halogens is 4. The first-order valence-electron chi connectivity index (χ1n) is 6.28.